The lowest BCUT2D eigenvalue weighted by Gasteiger charge is -2.30. The summed E-state index contributed by atoms with van der Waals surface area (Å²) in [7, 11) is -4.29. The lowest BCUT2D eigenvalue weighted by molar-refractivity contribution is -0.195. The van der Waals surface area contributed by atoms with Gasteiger partial charge in [0, 0.05) is 17.8 Å². The van der Waals surface area contributed by atoms with Crippen molar-refractivity contribution in [2.24, 2.45) is 0 Å². The van der Waals surface area contributed by atoms with Gasteiger partial charge in [0.1, 0.15) is 13.2 Å². The van der Waals surface area contributed by atoms with Crippen LogP contribution in [-0.4, -0.2) is 50.2 Å². The number of alkyl halides is 4. The van der Waals surface area contributed by atoms with Crippen LogP contribution in [0.25, 0.3) is 0 Å². The summed E-state index contributed by atoms with van der Waals surface area (Å²) in [4.78, 5) is 35.2. The van der Waals surface area contributed by atoms with Crippen LogP contribution in [0.1, 0.15) is 11.8 Å². The molecule has 3 N–H and O–H groups in total. The van der Waals surface area contributed by atoms with E-state index in [1.54, 1.807) is 23.2 Å². The zero-order valence-electron chi connectivity index (χ0n) is 15.9. The van der Waals surface area contributed by atoms with E-state index in [4.69, 9.17) is 18.3 Å². The standard InChI is InChI=1S/C17H15F4N2O8P/c18-13(19)16(8-29-32(27)28-7-9-3-1-2-4-10(9)31-32)12(25)17(20,21)14(30-16)23-6-5-11(24)22-15(23)26/h1-6,12-14,25,27H,7-8H2/p+1/t12-,14+,16+,32?/m0/s1. The van der Waals surface area contributed by atoms with Crippen molar-refractivity contribution < 1.29 is 45.9 Å². The summed E-state index contributed by atoms with van der Waals surface area (Å²) >= 11 is 0. The number of aliphatic hydroxyl groups is 1. The molecule has 0 amide bonds. The number of hydrogen-bond donors (Lipinski definition) is 3. The Bertz CT molecular complexity index is 1130. The van der Waals surface area contributed by atoms with Gasteiger partial charge in [0.15, 0.2) is 17.5 Å². The van der Waals surface area contributed by atoms with Crippen LogP contribution in [0.5, 0.6) is 5.75 Å². The number of H-pyrrole nitrogens is 1. The van der Waals surface area contributed by atoms with Gasteiger partial charge >= 0.3 is 19.8 Å². The lowest BCUT2D eigenvalue weighted by Crippen LogP contribution is -2.54. The Kier molecular flexibility index (Phi) is 5.64. The summed E-state index contributed by atoms with van der Waals surface area (Å²) in [5.41, 5.74) is -5.15. The molecule has 32 heavy (non-hydrogen) atoms. The fourth-order valence-corrected chi connectivity index (χ4v) is 4.55. The number of halogens is 4. The van der Waals surface area contributed by atoms with Crippen LogP contribution in [0.15, 0.2) is 46.1 Å². The predicted molar refractivity (Wildman–Crippen MR) is 98.1 cm³/mol. The predicted octanol–water partition coefficient (Wildman–Crippen LogP) is 1.36. The van der Waals surface area contributed by atoms with Gasteiger partial charge in [-0.05, 0) is 6.07 Å². The topological polar surface area (TPSA) is 132 Å². The highest BCUT2D eigenvalue weighted by Gasteiger charge is 2.72. The van der Waals surface area contributed by atoms with Crippen molar-refractivity contribution in [2.45, 2.75) is 36.9 Å². The van der Waals surface area contributed by atoms with Gasteiger partial charge in [0.2, 0.25) is 6.23 Å². The molecule has 1 aromatic carbocycles. The Labute approximate surface area is 176 Å². The number of benzene rings is 1. The maximum absolute atomic E-state index is 14.8. The van der Waals surface area contributed by atoms with Crippen molar-refractivity contribution in [3.05, 3.63) is 62.9 Å². The average Bonchev–Trinajstić information content (AvgIpc) is 2.94. The zero-order valence-corrected chi connectivity index (χ0v) is 16.8. The first-order valence-electron chi connectivity index (χ1n) is 9.00. The van der Waals surface area contributed by atoms with Crippen LogP contribution in [0.3, 0.4) is 0 Å². The number of ether oxygens (including phenoxy) is 1. The van der Waals surface area contributed by atoms with Crippen molar-refractivity contribution >= 4 is 8.17 Å². The van der Waals surface area contributed by atoms with E-state index in [-0.39, 0.29) is 16.9 Å². The summed E-state index contributed by atoms with van der Waals surface area (Å²) < 4.78 is 77.6. The largest absolute Gasteiger partial charge is 0.619 e. The molecule has 1 unspecified atom stereocenters. The van der Waals surface area contributed by atoms with Crippen molar-refractivity contribution in [3.63, 3.8) is 0 Å². The van der Waals surface area contributed by atoms with E-state index in [2.05, 4.69) is 0 Å². The van der Waals surface area contributed by atoms with Gasteiger partial charge in [-0.15, -0.1) is 9.05 Å². The Morgan fingerprint density at radius 1 is 1.28 bits per heavy atom. The molecule has 174 valence electrons. The minimum atomic E-state index is -4.41. The quantitative estimate of drug-likeness (QED) is 0.429. The third-order valence-corrected chi connectivity index (χ3v) is 6.32. The molecule has 0 aliphatic carbocycles. The number of aliphatic hydroxyl groups excluding tert-OH is 1. The van der Waals surface area contributed by atoms with E-state index in [1.165, 1.54) is 6.07 Å². The molecule has 0 spiro atoms. The Morgan fingerprint density at radius 3 is 2.69 bits per heavy atom. The van der Waals surface area contributed by atoms with E-state index in [0.717, 1.165) is 0 Å². The first-order valence-corrected chi connectivity index (χ1v) is 10.5. The van der Waals surface area contributed by atoms with Crippen molar-refractivity contribution in [3.8, 4) is 5.75 Å². The molecule has 2 aromatic rings. The molecule has 2 aliphatic heterocycles. The first kappa shape index (κ1) is 22.8. The highest BCUT2D eigenvalue weighted by Crippen LogP contribution is 2.63. The number of nitrogens with one attached hydrogen (secondary N) is 1. The summed E-state index contributed by atoms with van der Waals surface area (Å²) in [6.45, 7) is -1.68. The van der Waals surface area contributed by atoms with E-state index in [9.17, 15) is 37.2 Å². The number of aromatic amines is 1. The molecule has 10 nitrogen and oxygen atoms in total. The number of aromatic nitrogens is 2. The van der Waals surface area contributed by atoms with Gasteiger partial charge < -0.3 is 9.84 Å². The average molecular weight is 483 g/mol. The molecule has 1 saturated heterocycles. The van der Waals surface area contributed by atoms with Gasteiger partial charge in [-0.1, -0.05) is 18.2 Å². The molecular formula is C17H16F4N2O8P+. The monoisotopic (exact) mass is 483 g/mol. The fraction of sp³-hybridized carbons (Fsp3) is 0.412. The van der Waals surface area contributed by atoms with Crippen molar-refractivity contribution in [1.82, 2.24) is 9.55 Å². The first-order chi connectivity index (χ1) is 15.0. The van der Waals surface area contributed by atoms with Crippen LogP contribution < -0.4 is 15.8 Å². The van der Waals surface area contributed by atoms with Gasteiger partial charge in [0.05, 0.1) is 0 Å². The minimum absolute atomic E-state index is 0.136. The second-order valence-electron chi connectivity index (χ2n) is 7.03. The molecule has 2 aliphatic rings. The summed E-state index contributed by atoms with van der Waals surface area (Å²) in [5.74, 6) is -4.28. The van der Waals surface area contributed by atoms with E-state index < -0.39 is 56.3 Å². The van der Waals surface area contributed by atoms with Crippen LogP contribution in [0, 0.1) is 0 Å². The smallest absolute Gasteiger partial charge is 0.383 e. The van der Waals surface area contributed by atoms with E-state index >= 15 is 0 Å². The van der Waals surface area contributed by atoms with Gasteiger partial charge in [-0.25, -0.2) is 13.6 Å². The molecule has 1 fully saturated rings. The summed E-state index contributed by atoms with van der Waals surface area (Å²) in [6, 6.07) is 6.97. The molecule has 0 radical (unpaired) electrons. The molecule has 0 saturated carbocycles. The Balaban J connectivity index is 1.62. The number of para-hydroxylation sites is 1. The Hall–Kier alpha value is -2.35. The Morgan fingerprint density at radius 2 is 2.00 bits per heavy atom. The third-order valence-electron chi connectivity index (χ3n) is 4.98. The normalized spacial score (nSPS) is 31.3. The number of nitrogens with zero attached hydrogens (tertiary/aromatic N) is 1. The van der Waals surface area contributed by atoms with Gasteiger partial charge in [-0.3, -0.25) is 18.9 Å². The number of hydrogen-bond acceptors (Lipinski definition) is 8. The third kappa shape index (κ3) is 3.72. The van der Waals surface area contributed by atoms with E-state index in [0.29, 0.717) is 17.8 Å². The molecular weight excluding hydrogens is 467 g/mol. The lowest BCUT2D eigenvalue weighted by atomic mass is 9.96. The van der Waals surface area contributed by atoms with Crippen molar-refractivity contribution in [1.29, 1.82) is 0 Å². The highest BCUT2D eigenvalue weighted by atomic mass is 31.2. The minimum Gasteiger partial charge on any atom is -0.383 e. The summed E-state index contributed by atoms with van der Waals surface area (Å²) in [6.07, 6.45) is -9.01. The molecule has 4 atom stereocenters. The molecule has 1 aromatic heterocycles. The molecule has 15 heteroatoms. The van der Waals surface area contributed by atoms with Crippen LogP contribution in [0.2, 0.25) is 0 Å². The van der Waals surface area contributed by atoms with Crippen LogP contribution in [0.4, 0.5) is 17.6 Å². The van der Waals surface area contributed by atoms with Crippen LogP contribution >= 0.6 is 8.17 Å². The van der Waals surface area contributed by atoms with Crippen LogP contribution in [-0.2, 0) is 20.4 Å². The fourth-order valence-electron chi connectivity index (χ4n) is 3.27. The molecule has 3 heterocycles. The zero-order chi connectivity index (χ0) is 23.3. The second-order valence-corrected chi connectivity index (χ2v) is 8.67. The molecule has 0 bridgehead atoms. The van der Waals surface area contributed by atoms with Crippen molar-refractivity contribution in [2.75, 3.05) is 6.61 Å². The van der Waals surface area contributed by atoms with Gasteiger partial charge in [0.25, 0.3) is 12.0 Å². The maximum atomic E-state index is 14.8. The maximum Gasteiger partial charge on any atom is 0.619 e. The van der Waals surface area contributed by atoms with E-state index in [1.807, 2.05) is 0 Å². The number of rotatable bonds is 5. The molecule has 4 rings (SSSR count). The highest BCUT2D eigenvalue weighted by molar-refractivity contribution is 7.55. The van der Waals surface area contributed by atoms with Gasteiger partial charge in [-0.2, -0.15) is 13.7 Å². The summed E-state index contributed by atoms with van der Waals surface area (Å²) in [5, 5.41) is 10.1. The SMILES string of the molecule is O=c1ccn([C@@H]2O[C@@](CO[P+]3(O)OCc4ccccc4O3)(C(F)F)[C@H](O)C2(F)F)c(=O)[nH]1. The number of fused-ring (bicyclic) bond motifs is 1. The second kappa shape index (κ2) is 7.90.